The molecule has 0 saturated carbocycles. The monoisotopic (exact) mass is 209 g/mol. The summed E-state index contributed by atoms with van der Waals surface area (Å²) in [7, 11) is 0. The number of rotatable bonds is 3. The number of carbonyl (C=O) groups excluding carboxylic acids is 2. The Morgan fingerprint density at radius 2 is 1.93 bits per heavy atom. The van der Waals surface area contributed by atoms with Crippen LogP contribution in [0.25, 0.3) is 0 Å². The van der Waals surface area contributed by atoms with Crippen LogP contribution in [-0.2, 0) is 9.59 Å². The fourth-order valence-electron chi connectivity index (χ4n) is 0.886. The second kappa shape index (κ2) is 5.44. The van der Waals surface area contributed by atoms with Gasteiger partial charge in [-0.15, -0.1) is 0 Å². The van der Waals surface area contributed by atoms with Crippen molar-refractivity contribution in [2.75, 3.05) is 11.1 Å². The van der Waals surface area contributed by atoms with Gasteiger partial charge in [-0.3, -0.25) is 9.59 Å². The van der Waals surface area contributed by atoms with Gasteiger partial charge in [-0.1, -0.05) is 30.0 Å². The summed E-state index contributed by atoms with van der Waals surface area (Å²) in [6.07, 6.45) is 0. The molecule has 3 nitrogen and oxygen atoms in total. The van der Waals surface area contributed by atoms with Gasteiger partial charge in [0.15, 0.2) is 5.12 Å². The van der Waals surface area contributed by atoms with Gasteiger partial charge in [0.2, 0.25) is 5.91 Å². The Hall–Kier alpha value is -1.29. The van der Waals surface area contributed by atoms with Gasteiger partial charge in [0.05, 0.1) is 5.75 Å². The third-order valence-corrected chi connectivity index (χ3v) is 2.28. The normalized spacial score (nSPS) is 9.50. The number of hydrogen-bond acceptors (Lipinski definition) is 3. The van der Waals surface area contributed by atoms with Crippen molar-refractivity contribution < 1.29 is 9.59 Å². The van der Waals surface area contributed by atoms with Crippen LogP contribution in [0.2, 0.25) is 0 Å². The van der Waals surface area contributed by atoms with Crippen molar-refractivity contribution in [1.29, 1.82) is 0 Å². The summed E-state index contributed by atoms with van der Waals surface area (Å²) >= 11 is 1.01. The molecule has 0 aliphatic carbocycles. The zero-order valence-electron chi connectivity index (χ0n) is 7.82. The molecule has 0 aromatic heterocycles. The van der Waals surface area contributed by atoms with Gasteiger partial charge in [0.1, 0.15) is 0 Å². The highest BCUT2D eigenvalue weighted by atomic mass is 32.2. The van der Waals surface area contributed by atoms with Crippen LogP contribution in [0.5, 0.6) is 0 Å². The minimum absolute atomic E-state index is 0.0480. The zero-order chi connectivity index (χ0) is 10.4. The molecule has 4 heteroatoms. The molecule has 0 atom stereocenters. The molecular weight excluding hydrogens is 198 g/mol. The predicted octanol–water partition coefficient (Wildman–Crippen LogP) is 1.90. The van der Waals surface area contributed by atoms with Crippen molar-refractivity contribution >= 4 is 28.5 Å². The maximum absolute atomic E-state index is 11.2. The van der Waals surface area contributed by atoms with Crippen LogP contribution in [-0.4, -0.2) is 16.8 Å². The first-order valence-corrected chi connectivity index (χ1v) is 5.15. The van der Waals surface area contributed by atoms with Gasteiger partial charge < -0.3 is 5.32 Å². The molecule has 1 aromatic rings. The van der Waals surface area contributed by atoms with Gasteiger partial charge in [-0.2, -0.15) is 0 Å². The SMILES string of the molecule is CC(=O)SCC(=O)Nc1ccccc1. The van der Waals surface area contributed by atoms with E-state index in [0.29, 0.717) is 0 Å². The van der Waals surface area contributed by atoms with E-state index in [1.807, 2.05) is 18.2 Å². The lowest BCUT2D eigenvalue weighted by atomic mass is 10.3. The predicted molar refractivity (Wildman–Crippen MR) is 58.2 cm³/mol. The second-order valence-electron chi connectivity index (χ2n) is 2.69. The Balaban J connectivity index is 2.38. The van der Waals surface area contributed by atoms with Crippen LogP contribution >= 0.6 is 11.8 Å². The third-order valence-electron chi connectivity index (χ3n) is 1.46. The lowest BCUT2D eigenvalue weighted by Gasteiger charge is -2.02. The summed E-state index contributed by atoms with van der Waals surface area (Å²) in [5.74, 6) is 0.0147. The van der Waals surface area contributed by atoms with Crippen molar-refractivity contribution in [3.8, 4) is 0 Å². The van der Waals surface area contributed by atoms with Crippen LogP contribution < -0.4 is 5.32 Å². The van der Waals surface area contributed by atoms with E-state index in [1.54, 1.807) is 12.1 Å². The van der Waals surface area contributed by atoms with E-state index in [-0.39, 0.29) is 16.8 Å². The van der Waals surface area contributed by atoms with E-state index in [2.05, 4.69) is 5.32 Å². The summed E-state index contributed by atoms with van der Waals surface area (Å²) < 4.78 is 0. The fourth-order valence-corrected chi connectivity index (χ4v) is 1.29. The molecule has 1 rings (SSSR count). The molecule has 0 spiro atoms. The molecule has 1 amide bonds. The van der Waals surface area contributed by atoms with Crippen LogP contribution in [0.4, 0.5) is 5.69 Å². The number of benzene rings is 1. The molecule has 0 saturated heterocycles. The van der Waals surface area contributed by atoms with Crippen LogP contribution in [0.3, 0.4) is 0 Å². The van der Waals surface area contributed by atoms with Crippen LogP contribution in [0, 0.1) is 0 Å². The standard InChI is InChI=1S/C10H11NO2S/c1-8(12)14-7-10(13)11-9-5-3-2-4-6-9/h2-6H,7H2,1H3,(H,11,13). The highest BCUT2D eigenvalue weighted by Crippen LogP contribution is 2.07. The molecule has 0 unspecified atom stereocenters. The van der Waals surface area contributed by atoms with Crippen LogP contribution in [0.15, 0.2) is 30.3 Å². The van der Waals surface area contributed by atoms with Crippen molar-refractivity contribution in [3.05, 3.63) is 30.3 Å². The van der Waals surface area contributed by atoms with E-state index >= 15 is 0 Å². The number of hydrogen-bond donors (Lipinski definition) is 1. The average molecular weight is 209 g/mol. The summed E-state index contributed by atoms with van der Waals surface area (Å²) in [6, 6.07) is 9.16. The number of carbonyl (C=O) groups is 2. The molecule has 0 aliphatic heterocycles. The molecular formula is C10H11NO2S. The smallest absolute Gasteiger partial charge is 0.234 e. The molecule has 1 aromatic carbocycles. The summed E-state index contributed by atoms with van der Waals surface area (Å²) in [4.78, 5) is 21.8. The number of para-hydroxylation sites is 1. The minimum atomic E-state index is -0.156. The minimum Gasteiger partial charge on any atom is -0.325 e. The van der Waals surface area contributed by atoms with E-state index < -0.39 is 0 Å². The fraction of sp³-hybridized carbons (Fsp3) is 0.200. The van der Waals surface area contributed by atoms with Gasteiger partial charge in [0, 0.05) is 12.6 Å². The number of thioether (sulfide) groups is 1. The summed E-state index contributed by atoms with van der Waals surface area (Å²) in [5.41, 5.74) is 0.752. The summed E-state index contributed by atoms with van der Waals surface area (Å²) in [5, 5.41) is 2.64. The lowest BCUT2D eigenvalue weighted by Crippen LogP contribution is -2.14. The molecule has 14 heavy (non-hydrogen) atoms. The Labute approximate surface area is 86.9 Å². The van der Waals surface area contributed by atoms with E-state index in [1.165, 1.54) is 6.92 Å². The topological polar surface area (TPSA) is 46.2 Å². The Morgan fingerprint density at radius 3 is 2.50 bits per heavy atom. The van der Waals surface area contributed by atoms with Gasteiger partial charge in [-0.25, -0.2) is 0 Å². The highest BCUT2D eigenvalue weighted by molar-refractivity contribution is 8.14. The average Bonchev–Trinajstić information content (AvgIpc) is 2.16. The largest absolute Gasteiger partial charge is 0.325 e. The molecule has 1 N–H and O–H groups in total. The van der Waals surface area contributed by atoms with Crippen molar-refractivity contribution in [2.24, 2.45) is 0 Å². The second-order valence-corrected chi connectivity index (χ2v) is 3.85. The van der Waals surface area contributed by atoms with Gasteiger partial charge >= 0.3 is 0 Å². The van der Waals surface area contributed by atoms with Crippen molar-refractivity contribution in [1.82, 2.24) is 0 Å². The van der Waals surface area contributed by atoms with Crippen molar-refractivity contribution in [2.45, 2.75) is 6.92 Å². The lowest BCUT2D eigenvalue weighted by molar-refractivity contribution is -0.114. The zero-order valence-corrected chi connectivity index (χ0v) is 8.64. The molecule has 0 heterocycles. The Bertz CT molecular complexity index is 324. The Morgan fingerprint density at radius 1 is 1.29 bits per heavy atom. The highest BCUT2D eigenvalue weighted by Gasteiger charge is 2.03. The summed E-state index contributed by atoms with van der Waals surface area (Å²) in [6.45, 7) is 1.44. The van der Waals surface area contributed by atoms with Crippen molar-refractivity contribution in [3.63, 3.8) is 0 Å². The number of nitrogens with one attached hydrogen (secondary N) is 1. The molecule has 0 radical (unpaired) electrons. The first-order chi connectivity index (χ1) is 6.68. The van der Waals surface area contributed by atoms with Gasteiger partial charge in [0.25, 0.3) is 0 Å². The first kappa shape index (κ1) is 10.8. The molecule has 0 bridgehead atoms. The molecule has 74 valence electrons. The van der Waals surface area contributed by atoms with E-state index in [0.717, 1.165) is 17.4 Å². The molecule has 0 fully saturated rings. The maximum atomic E-state index is 11.2. The van der Waals surface area contributed by atoms with E-state index in [9.17, 15) is 9.59 Å². The molecule has 0 aliphatic rings. The number of anilines is 1. The van der Waals surface area contributed by atoms with Crippen LogP contribution in [0.1, 0.15) is 6.92 Å². The quantitative estimate of drug-likeness (QED) is 0.827. The Kier molecular flexibility index (Phi) is 4.19. The first-order valence-electron chi connectivity index (χ1n) is 4.17. The van der Waals surface area contributed by atoms with Gasteiger partial charge in [-0.05, 0) is 12.1 Å². The maximum Gasteiger partial charge on any atom is 0.234 e. The third kappa shape index (κ3) is 4.09. The van der Waals surface area contributed by atoms with E-state index in [4.69, 9.17) is 0 Å². The number of amides is 1.